The summed E-state index contributed by atoms with van der Waals surface area (Å²) in [5.74, 6) is 0.0677. The molecule has 0 spiro atoms. The van der Waals surface area contributed by atoms with Gasteiger partial charge in [0, 0.05) is 11.6 Å². The Balaban J connectivity index is 2.06. The Morgan fingerprint density at radius 1 is 1.29 bits per heavy atom. The summed E-state index contributed by atoms with van der Waals surface area (Å²) in [6, 6.07) is 6.21. The van der Waals surface area contributed by atoms with Crippen molar-refractivity contribution < 1.29 is 4.79 Å². The minimum atomic E-state index is 0.0677. The van der Waals surface area contributed by atoms with Gasteiger partial charge < -0.3 is 10.6 Å². The zero-order valence-corrected chi connectivity index (χ0v) is 10.5. The van der Waals surface area contributed by atoms with E-state index in [9.17, 15) is 4.79 Å². The van der Waals surface area contributed by atoms with Crippen LogP contribution in [0.3, 0.4) is 0 Å². The van der Waals surface area contributed by atoms with Gasteiger partial charge in [-0.3, -0.25) is 4.79 Å². The number of nitrogens with one attached hydrogen (secondary N) is 2. The highest BCUT2D eigenvalue weighted by Gasteiger charge is 2.17. The first-order chi connectivity index (χ1) is 8.18. The maximum atomic E-state index is 12.2. The number of hydrogen-bond donors (Lipinski definition) is 2. The maximum Gasteiger partial charge on any atom is 0.251 e. The summed E-state index contributed by atoms with van der Waals surface area (Å²) in [4.78, 5) is 12.2. The molecule has 1 aliphatic heterocycles. The number of aryl methyl sites for hydroxylation is 1. The molecular weight excluding hydrogens is 212 g/mol. The summed E-state index contributed by atoms with van der Waals surface area (Å²) in [7, 11) is 0. The second kappa shape index (κ2) is 5.32. The van der Waals surface area contributed by atoms with E-state index < -0.39 is 0 Å². The second-order valence-electron chi connectivity index (χ2n) is 4.75. The molecule has 0 bridgehead atoms. The van der Waals surface area contributed by atoms with E-state index in [0.717, 1.165) is 37.1 Å². The fourth-order valence-electron chi connectivity index (χ4n) is 2.23. The van der Waals surface area contributed by atoms with Crippen LogP contribution in [0.4, 0.5) is 0 Å². The Morgan fingerprint density at radius 3 is 2.71 bits per heavy atom. The number of amides is 1. The predicted octanol–water partition coefficient (Wildman–Crippen LogP) is 1.79. The molecule has 92 valence electrons. The lowest BCUT2D eigenvalue weighted by atomic mass is 10.0. The standard InChI is InChI=1S/C14H20N2O/c1-10-4-3-5-13(11(10)2)14(17)16-12-6-8-15-9-7-12/h3-5,12,15H,6-9H2,1-2H3,(H,16,17). The van der Waals surface area contributed by atoms with Crippen LogP contribution in [0.1, 0.15) is 34.3 Å². The SMILES string of the molecule is Cc1cccc(C(=O)NC2CCNCC2)c1C. The molecule has 0 saturated carbocycles. The van der Waals surface area contributed by atoms with Crippen LogP contribution in [0.15, 0.2) is 18.2 Å². The van der Waals surface area contributed by atoms with E-state index >= 15 is 0 Å². The van der Waals surface area contributed by atoms with Gasteiger partial charge in [0.05, 0.1) is 0 Å². The van der Waals surface area contributed by atoms with E-state index in [1.165, 1.54) is 5.56 Å². The lowest BCUT2D eigenvalue weighted by molar-refractivity contribution is 0.0929. The molecule has 0 radical (unpaired) electrons. The van der Waals surface area contributed by atoms with E-state index in [-0.39, 0.29) is 5.91 Å². The Labute approximate surface area is 103 Å². The van der Waals surface area contributed by atoms with E-state index in [4.69, 9.17) is 0 Å². The third-order valence-corrected chi connectivity index (χ3v) is 3.52. The van der Waals surface area contributed by atoms with Crippen molar-refractivity contribution in [3.05, 3.63) is 34.9 Å². The van der Waals surface area contributed by atoms with Crippen molar-refractivity contribution in [3.63, 3.8) is 0 Å². The second-order valence-corrected chi connectivity index (χ2v) is 4.75. The first kappa shape index (κ1) is 12.1. The quantitative estimate of drug-likeness (QED) is 0.816. The van der Waals surface area contributed by atoms with E-state index in [2.05, 4.69) is 10.6 Å². The van der Waals surface area contributed by atoms with Crippen molar-refractivity contribution in [2.24, 2.45) is 0 Å². The molecule has 3 heteroatoms. The number of rotatable bonds is 2. The van der Waals surface area contributed by atoms with Gasteiger partial charge in [-0.1, -0.05) is 12.1 Å². The highest BCUT2D eigenvalue weighted by Crippen LogP contribution is 2.13. The van der Waals surface area contributed by atoms with Crippen LogP contribution >= 0.6 is 0 Å². The van der Waals surface area contributed by atoms with Crippen molar-refractivity contribution in [2.75, 3.05) is 13.1 Å². The number of carbonyl (C=O) groups excluding carboxylic acids is 1. The summed E-state index contributed by atoms with van der Waals surface area (Å²) in [5.41, 5.74) is 3.06. The van der Waals surface area contributed by atoms with Gasteiger partial charge in [-0.05, 0) is 57.0 Å². The molecule has 0 aromatic heterocycles. The summed E-state index contributed by atoms with van der Waals surface area (Å²) in [5, 5.41) is 6.42. The smallest absolute Gasteiger partial charge is 0.251 e. The fraction of sp³-hybridized carbons (Fsp3) is 0.500. The number of piperidine rings is 1. The van der Waals surface area contributed by atoms with Crippen LogP contribution < -0.4 is 10.6 Å². The number of benzene rings is 1. The normalized spacial score (nSPS) is 16.8. The predicted molar refractivity (Wildman–Crippen MR) is 69.3 cm³/mol. The van der Waals surface area contributed by atoms with Crippen LogP contribution in [0.2, 0.25) is 0 Å². The summed E-state index contributed by atoms with van der Waals surface area (Å²) in [6.07, 6.45) is 2.05. The molecule has 0 atom stereocenters. The average molecular weight is 232 g/mol. The lowest BCUT2D eigenvalue weighted by Crippen LogP contribution is -2.42. The van der Waals surface area contributed by atoms with Gasteiger partial charge in [-0.2, -0.15) is 0 Å². The molecule has 1 saturated heterocycles. The first-order valence-electron chi connectivity index (χ1n) is 6.26. The molecule has 2 N–H and O–H groups in total. The molecule has 17 heavy (non-hydrogen) atoms. The van der Waals surface area contributed by atoms with Crippen LogP contribution in [0.5, 0.6) is 0 Å². The van der Waals surface area contributed by atoms with Gasteiger partial charge in [-0.25, -0.2) is 0 Å². The van der Waals surface area contributed by atoms with Crippen LogP contribution in [-0.2, 0) is 0 Å². The van der Waals surface area contributed by atoms with Crippen LogP contribution in [0, 0.1) is 13.8 Å². The number of carbonyl (C=O) groups is 1. The largest absolute Gasteiger partial charge is 0.349 e. The van der Waals surface area contributed by atoms with Gasteiger partial charge in [0.25, 0.3) is 5.91 Å². The Kier molecular flexibility index (Phi) is 3.79. The van der Waals surface area contributed by atoms with Crippen molar-refractivity contribution >= 4 is 5.91 Å². The molecule has 3 nitrogen and oxygen atoms in total. The summed E-state index contributed by atoms with van der Waals surface area (Å²) < 4.78 is 0. The van der Waals surface area contributed by atoms with Crippen molar-refractivity contribution in [1.82, 2.24) is 10.6 Å². The minimum Gasteiger partial charge on any atom is -0.349 e. The monoisotopic (exact) mass is 232 g/mol. The van der Waals surface area contributed by atoms with Crippen LogP contribution in [0.25, 0.3) is 0 Å². The van der Waals surface area contributed by atoms with E-state index in [0.29, 0.717) is 6.04 Å². The average Bonchev–Trinajstić information content (AvgIpc) is 2.34. The molecule has 1 aliphatic rings. The molecule has 1 aromatic carbocycles. The zero-order valence-electron chi connectivity index (χ0n) is 10.5. The number of hydrogen-bond acceptors (Lipinski definition) is 2. The van der Waals surface area contributed by atoms with Gasteiger partial charge in [0.15, 0.2) is 0 Å². The highest BCUT2D eigenvalue weighted by molar-refractivity contribution is 5.96. The zero-order chi connectivity index (χ0) is 12.3. The molecule has 1 amide bonds. The molecule has 0 aliphatic carbocycles. The first-order valence-corrected chi connectivity index (χ1v) is 6.26. The molecule has 1 aromatic rings. The third-order valence-electron chi connectivity index (χ3n) is 3.52. The van der Waals surface area contributed by atoms with E-state index in [1.807, 2.05) is 32.0 Å². The van der Waals surface area contributed by atoms with Crippen LogP contribution in [-0.4, -0.2) is 25.0 Å². The molecule has 1 fully saturated rings. The Hall–Kier alpha value is -1.35. The third kappa shape index (κ3) is 2.86. The van der Waals surface area contributed by atoms with Gasteiger partial charge in [-0.15, -0.1) is 0 Å². The van der Waals surface area contributed by atoms with E-state index in [1.54, 1.807) is 0 Å². The van der Waals surface area contributed by atoms with Gasteiger partial charge in [0.1, 0.15) is 0 Å². The Morgan fingerprint density at radius 2 is 2.00 bits per heavy atom. The van der Waals surface area contributed by atoms with Crippen molar-refractivity contribution in [1.29, 1.82) is 0 Å². The summed E-state index contributed by atoms with van der Waals surface area (Å²) >= 11 is 0. The summed E-state index contributed by atoms with van der Waals surface area (Å²) in [6.45, 7) is 6.04. The highest BCUT2D eigenvalue weighted by atomic mass is 16.1. The van der Waals surface area contributed by atoms with Crippen molar-refractivity contribution in [2.45, 2.75) is 32.7 Å². The minimum absolute atomic E-state index is 0.0677. The lowest BCUT2D eigenvalue weighted by Gasteiger charge is -2.24. The van der Waals surface area contributed by atoms with Gasteiger partial charge >= 0.3 is 0 Å². The fourth-order valence-corrected chi connectivity index (χ4v) is 2.23. The van der Waals surface area contributed by atoms with Gasteiger partial charge in [0.2, 0.25) is 0 Å². The topological polar surface area (TPSA) is 41.1 Å². The maximum absolute atomic E-state index is 12.2. The Bertz CT molecular complexity index is 409. The molecular formula is C14H20N2O. The van der Waals surface area contributed by atoms with Crippen molar-refractivity contribution in [3.8, 4) is 0 Å². The molecule has 1 heterocycles. The molecule has 2 rings (SSSR count). The molecule has 0 unspecified atom stereocenters.